The molecule has 3 rings (SSSR count). The summed E-state index contributed by atoms with van der Waals surface area (Å²) < 4.78 is 0. The second-order valence-electron chi connectivity index (χ2n) is 9.10. The van der Waals surface area contributed by atoms with Gasteiger partial charge in [-0.25, -0.2) is 0 Å². The van der Waals surface area contributed by atoms with E-state index in [1.807, 2.05) is 31.2 Å². The molecule has 1 heterocycles. The van der Waals surface area contributed by atoms with E-state index in [9.17, 15) is 10.1 Å². The Morgan fingerprint density at radius 3 is 2.52 bits per heavy atom. The summed E-state index contributed by atoms with van der Waals surface area (Å²) in [4.78, 5) is 15.2. The molecule has 0 fully saturated rings. The van der Waals surface area contributed by atoms with Crippen LogP contribution < -0.4 is 10.2 Å². The van der Waals surface area contributed by atoms with E-state index in [1.165, 1.54) is 16.8 Å². The summed E-state index contributed by atoms with van der Waals surface area (Å²) in [6.45, 7) is 14.1. The number of rotatable bonds is 5. The molecule has 162 valence electrons. The number of hydrogen-bond donors (Lipinski definition) is 1. The Balaban J connectivity index is 1.93. The van der Waals surface area contributed by atoms with Crippen molar-refractivity contribution in [3.63, 3.8) is 0 Å². The number of anilines is 2. The van der Waals surface area contributed by atoms with Gasteiger partial charge in [-0.3, -0.25) is 4.79 Å². The molecule has 2 aromatic rings. The van der Waals surface area contributed by atoms with Crippen molar-refractivity contribution in [1.29, 1.82) is 5.26 Å². The van der Waals surface area contributed by atoms with E-state index < -0.39 is 0 Å². The molecule has 1 atom stereocenters. The van der Waals surface area contributed by atoms with Crippen LogP contribution in [0.2, 0.25) is 0 Å². The van der Waals surface area contributed by atoms with Gasteiger partial charge in [0.05, 0.1) is 0 Å². The van der Waals surface area contributed by atoms with Crippen LogP contribution in [0.4, 0.5) is 11.4 Å². The van der Waals surface area contributed by atoms with Gasteiger partial charge in [0.25, 0.3) is 5.91 Å². The molecule has 4 heteroatoms. The predicted molar refractivity (Wildman–Crippen MR) is 129 cm³/mol. The van der Waals surface area contributed by atoms with E-state index >= 15 is 0 Å². The number of nitriles is 1. The maximum atomic E-state index is 12.7. The number of nitrogens with zero attached hydrogens (tertiary/aromatic N) is 2. The molecule has 1 amide bonds. The third-order valence-corrected chi connectivity index (χ3v) is 6.37. The Labute approximate surface area is 186 Å². The highest BCUT2D eigenvalue weighted by Crippen LogP contribution is 2.44. The molecule has 1 N–H and O–H groups in total. The summed E-state index contributed by atoms with van der Waals surface area (Å²) in [5.41, 5.74) is 6.65. The van der Waals surface area contributed by atoms with Crippen LogP contribution in [-0.4, -0.2) is 18.0 Å². The highest BCUT2D eigenvalue weighted by atomic mass is 16.1. The van der Waals surface area contributed by atoms with Gasteiger partial charge in [-0.05, 0) is 99.0 Å². The van der Waals surface area contributed by atoms with Gasteiger partial charge in [-0.15, -0.1) is 0 Å². The van der Waals surface area contributed by atoms with Crippen molar-refractivity contribution >= 4 is 23.4 Å². The van der Waals surface area contributed by atoms with Crippen molar-refractivity contribution < 1.29 is 4.79 Å². The van der Waals surface area contributed by atoms with Gasteiger partial charge in [0.1, 0.15) is 11.6 Å². The highest BCUT2D eigenvalue weighted by Gasteiger charge is 2.35. The number of aryl methyl sites for hydroxylation is 2. The van der Waals surface area contributed by atoms with Crippen molar-refractivity contribution in [3.05, 3.63) is 64.2 Å². The summed E-state index contributed by atoms with van der Waals surface area (Å²) >= 11 is 0. The van der Waals surface area contributed by atoms with Crippen LogP contribution in [0.5, 0.6) is 0 Å². The number of fused-ring (bicyclic) bond motifs is 1. The van der Waals surface area contributed by atoms with Crippen LogP contribution in [0, 0.1) is 18.3 Å². The van der Waals surface area contributed by atoms with Crippen molar-refractivity contribution in [2.45, 2.75) is 65.8 Å². The molecule has 0 aliphatic carbocycles. The Kier molecular flexibility index (Phi) is 6.55. The minimum atomic E-state index is -0.381. The zero-order valence-electron chi connectivity index (χ0n) is 19.5. The van der Waals surface area contributed by atoms with E-state index in [0.717, 1.165) is 30.5 Å². The van der Waals surface area contributed by atoms with Crippen molar-refractivity contribution in [1.82, 2.24) is 0 Å². The average Bonchev–Trinajstić information content (AvgIpc) is 2.72. The van der Waals surface area contributed by atoms with Gasteiger partial charge in [-0.2, -0.15) is 5.26 Å². The zero-order chi connectivity index (χ0) is 22.8. The first-order valence-corrected chi connectivity index (χ1v) is 11.1. The molecule has 0 aromatic heterocycles. The Morgan fingerprint density at radius 2 is 1.94 bits per heavy atom. The minimum absolute atomic E-state index is 0.107. The highest BCUT2D eigenvalue weighted by molar-refractivity contribution is 6.09. The number of amides is 1. The first kappa shape index (κ1) is 22.6. The van der Waals surface area contributed by atoms with E-state index in [0.29, 0.717) is 11.6 Å². The number of hydrogen-bond acceptors (Lipinski definition) is 3. The van der Waals surface area contributed by atoms with Gasteiger partial charge in [0.2, 0.25) is 0 Å². The molecule has 0 spiro atoms. The Hall–Kier alpha value is -3.06. The molecular weight excluding hydrogens is 382 g/mol. The normalized spacial score (nSPS) is 17.6. The lowest BCUT2D eigenvalue weighted by Gasteiger charge is -2.47. The van der Waals surface area contributed by atoms with Crippen LogP contribution in [0.3, 0.4) is 0 Å². The third-order valence-electron chi connectivity index (χ3n) is 6.37. The van der Waals surface area contributed by atoms with Crippen molar-refractivity contribution in [2.75, 3.05) is 16.8 Å². The van der Waals surface area contributed by atoms with E-state index in [4.69, 9.17) is 0 Å². The summed E-state index contributed by atoms with van der Waals surface area (Å²) in [5, 5.41) is 12.5. The topological polar surface area (TPSA) is 56.1 Å². The fourth-order valence-corrected chi connectivity index (χ4v) is 4.73. The monoisotopic (exact) mass is 415 g/mol. The van der Waals surface area contributed by atoms with Gasteiger partial charge < -0.3 is 10.2 Å². The van der Waals surface area contributed by atoms with Gasteiger partial charge in [0.15, 0.2) is 0 Å². The molecule has 0 bridgehead atoms. The lowest BCUT2D eigenvalue weighted by Crippen LogP contribution is -2.48. The van der Waals surface area contributed by atoms with Gasteiger partial charge in [0, 0.05) is 23.5 Å². The van der Waals surface area contributed by atoms with Crippen molar-refractivity contribution in [3.8, 4) is 6.07 Å². The van der Waals surface area contributed by atoms with Crippen molar-refractivity contribution in [2.24, 2.45) is 0 Å². The summed E-state index contributed by atoms with van der Waals surface area (Å²) in [5.74, 6) is 0.0326. The van der Waals surface area contributed by atoms with E-state index in [1.54, 1.807) is 6.08 Å². The van der Waals surface area contributed by atoms with Crippen LogP contribution in [0.1, 0.15) is 69.2 Å². The van der Waals surface area contributed by atoms with Gasteiger partial charge in [-0.1, -0.05) is 26.0 Å². The lowest BCUT2D eigenvalue weighted by atomic mass is 9.79. The predicted octanol–water partition coefficient (Wildman–Crippen LogP) is 6.22. The lowest BCUT2D eigenvalue weighted by molar-refractivity contribution is -0.112. The number of carbonyl (C=O) groups excluding carboxylic acids is 1. The molecule has 0 radical (unpaired) electrons. The standard InChI is InChI=1S/C27H33N3O/c1-7-20-9-11-23(12-10-20)29-26(31)22(17-28)14-21-15-24-19(4)16-27(5,6)30(8-2)25(24)13-18(21)3/h9-15,19H,7-8,16H2,1-6H3,(H,29,31)/b22-14-. The molecule has 0 saturated carbocycles. The quantitative estimate of drug-likeness (QED) is 0.466. The number of nitrogens with one attached hydrogen (secondary N) is 1. The smallest absolute Gasteiger partial charge is 0.266 e. The molecule has 1 unspecified atom stereocenters. The van der Waals surface area contributed by atoms with Crippen LogP contribution in [0.25, 0.3) is 6.08 Å². The second kappa shape index (κ2) is 8.98. The minimum Gasteiger partial charge on any atom is -0.366 e. The fourth-order valence-electron chi connectivity index (χ4n) is 4.73. The summed E-state index contributed by atoms with van der Waals surface area (Å²) in [6.07, 6.45) is 3.73. The fraction of sp³-hybridized carbons (Fsp3) is 0.407. The molecular formula is C27H33N3O. The number of carbonyl (C=O) groups is 1. The first-order valence-electron chi connectivity index (χ1n) is 11.1. The maximum Gasteiger partial charge on any atom is 0.266 e. The maximum absolute atomic E-state index is 12.7. The van der Waals surface area contributed by atoms with Crippen LogP contribution in [-0.2, 0) is 11.2 Å². The van der Waals surface area contributed by atoms with Crippen LogP contribution in [0.15, 0.2) is 42.0 Å². The molecule has 2 aromatic carbocycles. The molecule has 1 aliphatic rings. The third kappa shape index (κ3) is 4.66. The summed E-state index contributed by atoms with van der Waals surface area (Å²) in [6, 6.07) is 14.2. The van der Waals surface area contributed by atoms with Crippen LogP contribution >= 0.6 is 0 Å². The molecule has 0 saturated heterocycles. The first-order chi connectivity index (χ1) is 14.7. The Morgan fingerprint density at radius 1 is 1.26 bits per heavy atom. The Bertz CT molecular complexity index is 1040. The van der Waals surface area contributed by atoms with E-state index in [-0.39, 0.29) is 17.0 Å². The van der Waals surface area contributed by atoms with E-state index in [2.05, 4.69) is 63.0 Å². The zero-order valence-corrected chi connectivity index (χ0v) is 19.5. The molecule has 31 heavy (non-hydrogen) atoms. The average molecular weight is 416 g/mol. The van der Waals surface area contributed by atoms with Gasteiger partial charge >= 0.3 is 0 Å². The number of benzene rings is 2. The SMILES string of the molecule is CCc1ccc(NC(=O)/C(C#N)=C\c2cc3c(cc2C)N(CC)C(C)(C)CC3C)cc1. The molecule has 1 aliphatic heterocycles. The summed E-state index contributed by atoms with van der Waals surface area (Å²) in [7, 11) is 0. The molecule has 4 nitrogen and oxygen atoms in total. The largest absolute Gasteiger partial charge is 0.366 e. The second-order valence-corrected chi connectivity index (χ2v) is 9.10.